The number of nitrogens with zero attached hydrogens (tertiary/aromatic N) is 2. The highest BCUT2D eigenvalue weighted by atomic mass is 32.2. The highest BCUT2D eigenvalue weighted by Gasteiger charge is 2.36. The van der Waals surface area contributed by atoms with Gasteiger partial charge in [0, 0.05) is 42.5 Å². The maximum absolute atomic E-state index is 10.7. The molecule has 0 bridgehead atoms. The molecule has 0 saturated heterocycles. The van der Waals surface area contributed by atoms with Crippen molar-refractivity contribution in [3.8, 4) is 0 Å². The van der Waals surface area contributed by atoms with Gasteiger partial charge in [-0.25, -0.2) is 8.42 Å². The van der Waals surface area contributed by atoms with Crippen LogP contribution in [0.1, 0.15) is 11.4 Å². The molecule has 0 fully saturated rings. The average molecular weight is 398 g/mol. The van der Waals surface area contributed by atoms with Gasteiger partial charge >= 0.3 is 5.51 Å². The third kappa shape index (κ3) is 5.18. The Morgan fingerprint density at radius 2 is 1.67 bits per heavy atom. The second-order valence-electron chi connectivity index (χ2n) is 5.65. The lowest BCUT2D eigenvalue weighted by Gasteiger charge is -2.08. The molecular formula is C18H17F3N2O3S. The summed E-state index contributed by atoms with van der Waals surface area (Å²) in [7, 11) is -1.93. The fourth-order valence-electron chi connectivity index (χ4n) is 2.35. The smallest absolute Gasteiger partial charge is 0.485 e. The van der Waals surface area contributed by atoms with Gasteiger partial charge < -0.3 is 9.12 Å². The Kier molecular flexibility index (Phi) is 6.07. The minimum Gasteiger partial charge on any atom is -0.741 e. The second-order valence-corrected chi connectivity index (χ2v) is 7.02. The van der Waals surface area contributed by atoms with Crippen LogP contribution in [0.25, 0.3) is 23.1 Å². The van der Waals surface area contributed by atoms with E-state index in [9.17, 15) is 13.2 Å². The molecule has 2 heterocycles. The van der Waals surface area contributed by atoms with Gasteiger partial charge in [0.05, 0.1) is 0 Å². The van der Waals surface area contributed by atoms with Crippen molar-refractivity contribution in [1.29, 1.82) is 0 Å². The summed E-state index contributed by atoms with van der Waals surface area (Å²) in [6, 6.07) is 16.9. The Labute approximate surface area is 154 Å². The molecule has 5 nitrogen and oxygen atoms in total. The molecule has 0 spiro atoms. The molecule has 3 rings (SSSR count). The molecule has 1 aromatic carbocycles. The summed E-state index contributed by atoms with van der Waals surface area (Å²) in [5, 5.41) is 1.26. The second kappa shape index (κ2) is 7.93. The molecule has 0 atom stereocenters. The van der Waals surface area contributed by atoms with Crippen molar-refractivity contribution in [2.75, 3.05) is 0 Å². The zero-order chi connectivity index (χ0) is 20.2. The van der Waals surface area contributed by atoms with E-state index in [0.29, 0.717) is 0 Å². The Bertz CT molecular complexity index is 1070. The maximum Gasteiger partial charge on any atom is 0.485 e. The molecule has 2 aromatic heterocycles. The molecular weight excluding hydrogens is 381 g/mol. The van der Waals surface area contributed by atoms with E-state index in [1.54, 1.807) is 0 Å². The van der Waals surface area contributed by atoms with Crippen molar-refractivity contribution in [3.63, 3.8) is 0 Å². The molecule has 144 valence electrons. The van der Waals surface area contributed by atoms with Crippen LogP contribution in [0.3, 0.4) is 0 Å². The van der Waals surface area contributed by atoms with E-state index < -0.39 is 15.6 Å². The SMILES string of the molecule is Cn1cccc1/C=C/c1ccc2ccccc2[n+]1C.O=S(=O)([O-])C(F)(F)F. The predicted molar refractivity (Wildman–Crippen MR) is 95.2 cm³/mol. The van der Waals surface area contributed by atoms with Crippen LogP contribution in [-0.2, 0) is 24.2 Å². The number of hydrogen-bond acceptors (Lipinski definition) is 3. The highest BCUT2D eigenvalue weighted by molar-refractivity contribution is 7.86. The van der Waals surface area contributed by atoms with Crippen LogP contribution in [0.4, 0.5) is 13.2 Å². The number of hydrogen-bond donors (Lipinski definition) is 0. The summed E-state index contributed by atoms with van der Waals surface area (Å²) >= 11 is 0. The number of halogens is 3. The Morgan fingerprint density at radius 1 is 1.04 bits per heavy atom. The van der Waals surface area contributed by atoms with Crippen molar-refractivity contribution >= 4 is 33.2 Å². The molecule has 0 aliphatic heterocycles. The van der Waals surface area contributed by atoms with E-state index >= 15 is 0 Å². The minimum absolute atomic E-state index is 1.19. The number of pyridine rings is 1. The molecule has 0 unspecified atom stereocenters. The summed E-state index contributed by atoms with van der Waals surface area (Å²) in [6.07, 6.45) is 6.35. The molecule has 3 aromatic rings. The fraction of sp³-hybridized carbons (Fsp3) is 0.167. The molecule has 9 heteroatoms. The van der Waals surface area contributed by atoms with Gasteiger partial charge in [-0.1, -0.05) is 12.1 Å². The molecule has 27 heavy (non-hydrogen) atoms. The van der Waals surface area contributed by atoms with Gasteiger partial charge in [-0.3, -0.25) is 0 Å². The van der Waals surface area contributed by atoms with Gasteiger partial charge in [0.2, 0.25) is 11.2 Å². The molecule has 0 amide bonds. The van der Waals surface area contributed by atoms with E-state index in [1.807, 2.05) is 0 Å². The van der Waals surface area contributed by atoms with Crippen LogP contribution in [0.15, 0.2) is 54.7 Å². The number of aryl methyl sites for hydroxylation is 2. The quantitative estimate of drug-likeness (QED) is 0.378. The van der Waals surface area contributed by atoms with E-state index in [-0.39, 0.29) is 0 Å². The average Bonchev–Trinajstić information content (AvgIpc) is 2.98. The summed E-state index contributed by atoms with van der Waals surface area (Å²) in [4.78, 5) is 0. The first-order chi connectivity index (χ1) is 12.5. The normalized spacial score (nSPS) is 12.2. The predicted octanol–water partition coefficient (Wildman–Crippen LogP) is 3.22. The summed E-state index contributed by atoms with van der Waals surface area (Å²) in [6.45, 7) is 0. The minimum atomic E-state index is -6.09. The summed E-state index contributed by atoms with van der Waals surface area (Å²) < 4.78 is 63.2. The fourth-order valence-corrected chi connectivity index (χ4v) is 2.35. The molecule has 0 aliphatic rings. The monoisotopic (exact) mass is 398 g/mol. The van der Waals surface area contributed by atoms with Crippen molar-refractivity contribution < 1.29 is 30.7 Å². The van der Waals surface area contributed by atoms with Crippen molar-refractivity contribution in [1.82, 2.24) is 4.57 Å². The van der Waals surface area contributed by atoms with E-state index in [0.717, 1.165) is 0 Å². The number of alkyl halides is 3. The van der Waals surface area contributed by atoms with E-state index in [2.05, 4.69) is 90.1 Å². The first-order valence-corrected chi connectivity index (χ1v) is 9.11. The van der Waals surface area contributed by atoms with Crippen LogP contribution in [0.2, 0.25) is 0 Å². The van der Waals surface area contributed by atoms with Crippen molar-refractivity contribution in [3.05, 3.63) is 66.1 Å². The molecule has 0 radical (unpaired) electrons. The lowest BCUT2D eigenvalue weighted by Crippen LogP contribution is -2.32. The van der Waals surface area contributed by atoms with Crippen molar-refractivity contribution in [2.45, 2.75) is 5.51 Å². The third-order valence-electron chi connectivity index (χ3n) is 3.81. The van der Waals surface area contributed by atoms with Gasteiger partial charge in [-0.05, 0) is 30.3 Å². The van der Waals surface area contributed by atoms with Crippen LogP contribution in [0.5, 0.6) is 0 Å². The lowest BCUT2D eigenvalue weighted by atomic mass is 10.2. The number of aromatic nitrogens is 2. The third-order valence-corrected chi connectivity index (χ3v) is 4.38. The highest BCUT2D eigenvalue weighted by Crippen LogP contribution is 2.20. The number of fused-ring (bicyclic) bond motifs is 1. The van der Waals surface area contributed by atoms with Gasteiger partial charge in [0.15, 0.2) is 10.1 Å². The lowest BCUT2D eigenvalue weighted by molar-refractivity contribution is -0.646. The van der Waals surface area contributed by atoms with Crippen LogP contribution in [0, 0.1) is 0 Å². The largest absolute Gasteiger partial charge is 0.741 e. The topological polar surface area (TPSA) is 66.0 Å². The van der Waals surface area contributed by atoms with E-state index in [4.69, 9.17) is 13.0 Å². The van der Waals surface area contributed by atoms with Gasteiger partial charge in [0.25, 0.3) is 0 Å². The first-order valence-electron chi connectivity index (χ1n) is 7.70. The zero-order valence-electron chi connectivity index (χ0n) is 14.5. The molecule has 0 saturated carbocycles. The van der Waals surface area contributed by atoms with Crippen LogP contribution >= 0.6 is 0 Å². The standard InChI is InChI=1S/C17H17N2.CHF3O3S/c1-18-13-5-7-15(18)11-12-16-10-9-14-6-3-4-8-17(14)19(16)2;2-1(3,4)8(5,6)7/h3-13H,1-2H3;(H,5,6,7)/q+1;/p-1. The van der Waals surface area contributed by atoms with Crippen LogP contribution in [-0.4, -0.2) is 23.0 Å². The number of benzene rings is 1. The summed E-state index contributed by atoms with van der Waals surface area (Å²) in [5.74, 6) is 0. The number of para-hydroxylation sites is 1. The Balaban J connectivity index is 0.000000279. The first kappa shape index (κ1) is 20.7. The Morgan fingerprint density at radius 3 is 2.22 bits per heavy atom. The molecule has 0 N–H and O–H groups in total. The molecule has 0 aliphatic carbocycles. The number of rotatable bonds is 2. The van der Waals surface area contributed by atoms with Gasteiger partial charge in [0.1, 0.15) is 7.05 Å². The maximum atomic E-state index is 10.7. The zero-order valence-corrected chi connectivity index (χ0v) is 15.3. The van der Waals surface area contributed by atoms with Gasteiger partial charge in [-0.2, -0.15) is 17.7 Å². The van der Waals surface area contributed by atoms with E-state index in [1.165, 1.54) is 22.3 Å². The van der Waals surface area contributed by atoms with Gasteiger partial charge in [-0.15, -0.1) is 0 Å². The summed E-state index contributed by atoms with van der Waals surface area (Å²) in [5.41, 5.74) is -2.00. The van der Waals surface area contributed by atoms with Crippen molar-refractivity contribution in [2.24, 2.45) is 14.1 Å². The van der Waals surface area contributed by atoms with Crippen LogP contribution < -0.4 is 4.57 Å². The Hall–Kier alpha value is -2.65.